The molecule has 0 unspecified atom stereocenters. The number of nitrogens with two attached hydrogens (primary N) is 1. The average molecular weight is 118 g/mol. The van der Waals surface area contributed by atoms with Crippen LogP contribution in [-0.2, 0) is 4.79 Å². The van der Waals surface area contributed by atoms with Gasteiger partial charge < -0.3 is 11.9 Å². The third-order valence-corrected chi connectivity index (χ3v) is 0.777. The summed E-state index contributed by atoms with van der Waals surface area (Å²) in [6.45, 7) is 2.03. The second-order valence-corrected chi connectivity index (χ2v) is 1.57. The predicted molar refractivity (Wildman–Crippen MR) is 33.7 cm³/mol. The van der Waals surface area contributed by atoms with Crippen LogP contribution >= 0.6 is 0 Å². The number of carbonyl (C=O) groups is 1. The van der Waals surface area contributed by atoms with Gasteiger partial charge in [0.15, 0.2) is 0 Å². The molecule has 0 fully saturated rings. The SMILES string of the molecule is CCCCC(N)=O.N. The van der Waals surface area contributed by atoms with Crippen molar-refractivity contribution in [3.05, 3.63) is 0 Å². The minimum Gasteiger partial charge on any atom is -0.370 e. The molecule has 0 aromatic heterocycles. The van der Waals surface area contributed by atoms with Crippen molar-refractivity contribution < 1.29 is 4.79 Å². The number of hydrogen-bond donors (Lipinski definition) is 2. The van der Waals surface area contributed by atoms with E-state index < -0.39 is 0 Å². The fourth-order valence-electron chi connectivity index (χ4n) is 0.351. The van der Waals surface area contributed by atoms with Gasteiger partial charge in [0.2, 0.25) is 5.91 Å². The molecule has 0 saturated carbocycles. The first-order valence-corrected chi connectivity index (χ1v) is 2.55. The summed E-state index contributed by atoms with van der Waals surface area (Å²) in [6.07, 6.45) is 2.51. The molecular weight excluding hydrogens is 104 g/mol. The largest absolute Gasteiger partial charge is 0.370 e. The summed E-state index contributed by atoms with van der Waals surface area (Å²) in [4.78, 5) is 9.98. The van der Waals surface area contributed by atoms with Crippen molar-refractivity contribution >= 4 is 5.91 Å². The van der Waals surface area contributed by atoms with E-state index in [1.165, 1.54) is 0 Å². The van der Waals surface area contributed by atoms with Crippen molar-refractivity contribution in [2.45, 2.75) is 26.2 Å². The van der Waals surface area contributed by atoms with Crippen LogP contribution in [0.3, 0.4) is 0 Å². The van der Waals surface area contributed by atoms with Crippen molar-refractivity contribution in [3.8, 4) is 0 Å². The van der Waals surface area contributed by atoms with Crippen molar-refractivity contribution in [2.24, 2.45) is 5.73 Å². The van der Waals surface area contributed by atoms with E-state index in [1.807, 2.05) is 6.92 Å². The molecule has 3 nitrogen and oxygen atoms in total. The van der Waals surface area contributed by atoms with Crippen LogP contribution in [0.5, 0.6) is 0 Å². The Morgan fingerprint density at radius 2 is 2.12 bits per heavy atom. The Bertz CT molecular complexity index is 63.4. The summed E-state index contributed by atoms with van der Waals surface area (Å²) >= 11 is 0. The molecule has 0 radical (unpaired) electrons. The first-order valence-electron chi connectivity index (χ1n) is 2.55. The molecule has 0 atom stereocenters. The first-order chi connectivity index (χ1) is 3.27. The number of rotatable bonds is 3. The molecule has 0 saturated heterocycles. The zero-order chi connectivity index (χ0) is 5.70. The van der Waals surface area contributed by atoms with E-state index in [2.05, 4.69) is 0 Å². The maximum atomic E-state index is 9.98. The molecule has 0 aliphatic heterocycles. The van der Waals surface area contributed by atoms with Gasteiger partial charge >= 0.3 is 0 Å². The van der Waals surface area contributed by atoms with Crippen LogP contribution in [0.2, 0.25) is 0 Å². The zero-order valence-corrected chi connectivity index (χ0v) is 5.31. The number of carbonyl (C=O) groups excluding carboxylic acids is 1. The lowest BCUT2D eigenvalue weighted by atomic mass is 10.2. The molecule has 0 aromatic rings. The van der Waals surface area contributed by atoms with Gasteiger partial charge in [-0.25, -0.2) is 0 Å². The van der Waals surface area contributed by atoms with Crippen LogP contribution in [0.15, 0.2) is 0 Å². The van der Waals surface area contributed by atoms with Gasteiger partial charge in [-0.1, -0.05) is 13.3 Å². The van der Waals surface area contributed by atoms with Crippen LogP contribution in [0.25, 0.3) is 0 Å². The lowest BCUT2D eigenvalue weighted by molar-refractivity contribution is -0.118. The molecule has 0 spiro atoms. The molecule has 8 heavy (non-hydrogen) atoms. The van der Waals surface area contributed by atoms with E-state index in [0.717, 1.165) is 12.8 Å². The summed E-state index contributed by atoms with van der Waals surface area (Å²) in [5, 5.41) is 0. The minimum absolute atomic E-state index is 0. The summed E-state index contributed by atoms with van der Waals surface area (Å²) < 4.78 is 0. The normalized spacial score (nSPS) is 7.62. The molecule has 50 valence electrons. The molecule has 1 amide bonds. The predicted octanol–water partition coefficient (Wildman–Crippen LogP) is 0.824. The van der Waals surface area contributed by atoms with Gasteiger partial charge in [-0.2, -0.15) is 0 Å². The van der Waals surface area contributed by atoms with E-state index in [9.17, 15) is 4.79 Å². The first kappa shape index (κ1) is 10.4. The fraction of sp³-hybridized carbons (Fsp3) is 0.800. The van der Waals surface area contributed by atoms with Gasteiger partial charge in [0.05, 0.1) is 0 Å². The van der Waals surface area contributed by atoms with Gasteiger partial charge in [-0.3, -0.25) is 4.79 Å². The fourth-order valence-corrected chi connectivity index (χ4v) is 0.351. The van der Waals surface area contributed by atoms with E-state index in [4.69, 9.17) is 5.73 Å². The van der Waals surface area contributed by atoms with Crippen LogP contribution in [0.1, 0.15) is 26.2 Å². The summed E-state index contributed by atoms with van der Waals surface area (Å²) in [5.74, 6) is -0.193. The number of unbranched alkanes of at least 4 members (excludes halogenated alkanes) is 1. The van der Waals surface area contributed by atoms with Crippen LogP contribution in [-0.4, -0.2) is 5.91 Å². The standard InChI is InChI=1S/C5H11NO.H3N/c1-2-3-4-5(6)7;/h2-4H2,1H3,(H2,6,7);1H3. The molecule has 0 bridgehead atoms. The second kappa shape index (κ2) is 6.43. The highest BCUT2D eigenvalue weighted by atomic mass is 16.1. The topological polar surface area (TPSA) is 78.1 Å². The highest BCUT2D eigenvalue weighted by Gasteiger charge is 1.88. The molecular formula is C5H14N2O. The van der Waals surface area contributed by atoms with Crippen LogP contribution in [0, 0.1) is 0 Å². The third kappa shape index (κ3) is 9.06. The van der Waals surface area contributed by atoms with Crippen molar-refractivity contribution in [3.63, 3.8) is 0 Å². The highest BCUT2D eigenvalue weighted by Crippen LogP contribution is 1.89. The summed E-state index contributed by atoms with van der Waals surface area (Å²) in [6, 6.07) is 0. The van der Waals surface area contributed by atoms with E-state index in [0.29, 0.717) is 6.42 Å². The quantitative estimate of drug-likeness (QED) is 0.575. The van der Waals surface area contributed by atoms with Gasteiger partial charge in [-0.05, 0) is 6.42 Å². The lowest BCUT2D eigenvalue weighted by Gasteiger charge is -1.86. The van der Waals surface area contributed by atoms with Gasteiger partial charge in [0.25, 0.3) is 0 Å². The Morgan fingerprint density at radius 3 is 2.25 bits per heavy atom. The maximum Gasteiger partial charge on any atom is 0.217 e. The Balaban J connectivity index is 0. The van der Waals surface area contributed by atoms with Gasteiger partial charge in [0.1, 0.15) is 0 Å². The number of hydrogen-bond acceptors (Lipinski definition) is 2. The van der Waals surface area contributed by atoms with Gasteiger partial charge in [0, 0.05) is 6.42 Å². The Kier molecular flexibility index (Phi) is 8.37. The van der Waals surface area contributed by atoms with Crippen LogP contribution in [0.4, 0.5) is 0 Å². The Hall–Kier alpha value is -0.570. The van der Waals surface area contributed by atoms with E-state index in [-0.39, 0.29) is 12.1 Å². The molecule has 0 aliphatic rings. The van der Waals surface area contributed by atoms with E-state index >= 15 is 0 Å². The zero-order valence-electron chi connectivity index (χ0n) is 5.31. The monoisotopic (exact) mass is 118 g/mol. The Labute approximate surface area is 49.8 Å². The minimum atomic E-state index is -0.193. The highest BCUT2D eigenvalue weighted by molar-refractivity contribution is 5.73. The molecule has 0 heterocycles. The molecule has 3 heteroatoms. The Morgan fingerprint density at radius 1 is 1.62 bits per heavy atom. The molecule has 5 N–H and O–H groups in total. The van der Waals surface area contributed by atoms with Gasteiger partial charge in [-0.15, -0.1) is 0 Å². The van der Waals surface area contributed by atoms with Crippen molar-refractivity contribution in [1.29, 1.82) is 0 Å². The van der Waals surface area contributed by atoms with Crippen LogP contribution < -0.4 is 11.9 Å². The number of amides is 1. The lowest BCUT2D eigenvalue weighted by Crippen LogP contribution is -2.09. The number of primary amides is 1. The van der Waals surface area contributed by atoms with E-state index in [1.54, 1.807) is 0 Å². The second-order valence-electron chi connectivity index (χ2n) is 1.57. The molecule has 0 rings (SSSR count). The maximum absolute atomic E-state index is 9.98. The average Bonchev–Trinajstić information content (AvgIpc) is 1.61. The molecule has 0 aromatic carbocycles. The smallest absolute Gasteiger partial charge is 0.217 e. The molecule has 0 aliphatic carbocycles. The van der Waals surface area contributed by atoms with Crippen molar-refractivity contribution in [1.82, 2.24) is 6.15 Å². The third-order valence-electron chi connectivity index (χ3n) is 0.777. The van der Waals surface area contributed by atoms with Crippen molar-refractivity contribution in [2.75, 3.05) is 0 Å². The summed E-state index contributed by atoms with van der Waals surface area (Å²) in [7, 11) is 0. The summed E-state index contributed by atoms with van der Waals surface area (Å²) in [5.41, 5.74) is 4.84.